The van der Waals surface area contributed by atoms with E-state index in [-0.39, 0.29) is 5.56 Å². The molecule has 0 saturated carbocycles. The molecule has 0 atom stereocenters. The molecular weight excluding hydrogens is 176 g/mol. The first kappa shape index (κ1) is 9.77. The van der Waals surface area contributed by atoms with Crippen LogP contribution >= 0.6 is 0 Å². The standard InChI is InChI=1S/C9H11F2NO/c1-12-8-3-6(5-10)7(11)4-9(8)13-2/h3-4,12H,5H2,1-2H3. The fraction of sp³-hybridized carbons (Fsp3) is 0.333. The lowest BCUT2D eigenvalue weighted by atomic mass is 10.2. The molecule has 1 N–H and O–H groups in total. The van der Waals surface area contributed by atoms with Crippen LogP contribution in [0, 0.1) is 5.82 Å². The summed E-state index contributed by atoms with van der Waals surface area (Å²) in [6.45, 7) is -0.815. The highest BCUT2D eigenvalue weighted by Gasteiger charge is 2.08. The molecule has 1 rings (SSSR count). The smallest absolute Gasteiger partial charge is 0.144 e. The Bertz CT molecular complexity index is 302. The molecule has 0 aliphatic carbocycles. The van der Waals surface area contributed by atoms with Gasteiger partial charge in [0.15, 0.2) is 0 Å². The lowest BCUT2D eigenvalue weighted by Gasteiger charge is -2.09. The summed E-state index contributed by atoms with van der Waals surface area (Å²) in [5.41, 5.74) is 0.613. The predicted molar refractivity (Wildman–Crippen MR) is 47.3 cm³/mol. The van der Waals surface area contributed by atoms with Crippen molar-refractivity contribution in [3.05, 3.63) is 23.5 Å². The summed E-state index contributed by atoms with van der Waals surface area (Å²) in [5, 5.41) is 2.79. The van der Waals surface area contributed by atoms with E-state index in [2.05, 4.69) is 5.32 Å². The molecule has 0 aliphatic rings. The van der Waals surface area contributed by atoms with Crippen LogP contribution in [0.1, 0.15) is 5.56 Å². The fourth-order valence-corrected chi connectivity index (χ4v) is 1.07. The number of rotatable bonds is 3. The van der Waals surface area contributed by atoms with Crippen LogP contribution in [-0.2, 0) is 6.67 Å². The first-order valence-electron chi connectivity index (χ1n) is 3.83. The van der Waals surface area contributed by atoms with Gasteiger partial charge in [0.1, 0.15) is 18.2 Å². The molecular formula is C9H11F2NO. The molecule has 0 aromatic heterocycles. The van der Waals surface area contributed by atoms with Gasteiger partial charge in [-0.15, -0.1) is 0 Å². The highest BCUT2D eigenvalue weighted by atomic mass is 19.1. The van der Waals surface area contributed by atoms with Gasteiger partial charge in [0.2, 0.25) is 0 Å². The molecule has 0 fully saturated rings. The van der Waals surface area contributed by atoms with Crippen LogP contribution in [0.25, 0.3) is 0 Å². The molecule has 72 valence electrons. The summed E-state index contributed by atoms with van der Waals surface area (Å²) in [6, 6.07) is 2.56. The van der Waals surface area contributed by atoms with Gasteiger partial charge >= 0.3 is 0 Å². The zero-order valence-corrected chi connectivity index (χ0v) is 7.53. The number of nitrogens with one attached hydrogen (secondary N) is 1. The van der Waals surface area contributed by atoms with Crippen LogP contribution in [0.5, 0.6) is 5.75 Å². The lowest BCUT2D eigenvalue weighted by Crippen LogP contribution is -1.97. The highest BCUT2D eigenvalue weighted by Crippen LogP contribution is 2.27. The van der Waals surface area contributed by atoms with Crippen molar-refractivity contribution in [3.8, 4) is 5.75 Å². The maximum Gasteiger partial charge on any atom is 0.144 e. The van der Waals surface area contributed by atoms with Gasteiger partial charge < -0.3 is 10.1 Å². The average Bonchev–Trinajstić information content (AvgIpc) is 2.17. The second-order valence-electron chi connectivity index (χ2n) is 2.53. The summed E-state index contributed by atoms with van der Waals surface area (Å²) in [7, 11) is 3.10. The van der Waals surface area contributed by atoms with Crippen LogP contribution < -0.4 is 10.1 Å². The van der Waals surface area contributed by atoms with Crippen LogP contribution in [0.3, 0.4) is 0 Å². The SMILES string of the molecule is CNc1cc(CF)c(F)cc1OC. The molecule has 0 spiro atoms. The molecule has 1 aromatic carbocycles. The monoisotopic (exact) mass is 187 g/mol. The minimum Gasteiger partial charge on any atom is -0.494 e. The minimum atomic E-state index is -0.815. The van der Waals surface area contributed by atoms with E-state index in [1.54, 1.807) is 7.05 Å². The number of hydrogen-bond donors (Lipinski definition) is 1. The van der Waals surface area contributed by atoms with E-state index >= 15 is 0 Å². The largest absolute Gasteiger partial charge is 0.494 e. The molecule has 0 radical (unpaired) electrons. The van der Waals surface area contributed by atoms with Gasteiger partial charge in [-0.05, 0) is 6.07 Å². The van der Waals surface area contributed by atoms with E-state index in [1.165, 1.54) is 19.2 Å². The Morgan fingerprint density at radius 3 is 2.62 bits per heavy atom. The Hall–Kier alpha value is -1.32. The van der Waals surface area contributed by atoms with Crippen LogP contribution in [-0.4, -0.2) is 14.2 Å². The average molecular weight is 187 g/mol. The molecule has 4 heteroatoms. The quantitative estimate of drug-likeness (QED) is 0.784. The Labute approximate surface area is 75.5 Å². The molecule has 0 heterocycles. The molecule has 0 bridgehead atoms. The highest BCUT2D eigenvalue weighted by molar-refractivity contribution is 5.58. The van der Waals surface area contributed by atoms with Gasteiger partial charge in [-0.1, -0.05) is 0 Å². The van der Waals surface area contributed by atoms with E-state index in [0.717, 1.165) is 0 Å². The molecule has 0 saturated heterocycles. The Morgan fingerprint density at radius 2 is 2.15 bits per heavy atom. The first-order chi connectivity index (χ1) is 6.22. The van der Waals surface area contributed by atoms with E-state index in [0.29, 0.717) is 11.4 Å². The van der Waals surface area contributed by atoms with E-state index in [4.69, 9.17) is 4.74 Å². The van der Waals surface area contributed by atoms with Crippen molar-refractivity contribution in [2.24, 2.45) is 0 Å². The normalized spacial score (nSPS) is 9.85. The van der Waals surface area contributed by atoms with E-state index in [1.807, 2.05) is 0 Å². The van der Waals surface area contributed by atoms with Crippen molar-refractivity contribution in [2.75, 3.05) is 19.5 Å². The summed E-state index contributed by atoms with van der Waals surface area (Å²) >= 11 is 0. The summed E-state index contributed by atoms with van der Waals surface area (Å²) in [4.78, 5) is 0. The number of benzene rings is 1. The summed E-state index contributed by atoms with van der Waals surface area (Å²) in [6.07, 6.45) is 0. The third-order valence-electron chi connectivity index (χ3n) is 1.78. The zero-order chi connectivity index (χ0) is 9.84. The van der Waals surface area contributed by atoms with Gasteiger partial charge in [-0.25, -0.2) is 8.78 Å². The van der Waals surface area contributed by atoms with Gasteiger partial charge in [-0.2, -0.15) is 0 Å². The minimum absolute atomic E-state index is 0.0325. The van der Waals surface area contributed by atoms with Crippen molar-refractivity contribution in [3.63, 3.8) is 0 Å². The van der Waals surface area contributed by atoms with Crippen LogP contribution in [0.15, 0.2) is 12.1 Å². The maximum absolute atomic E-state index is 13.0. The Kier molecular flexibility index (Phi) is 3.06. The Balaban J connectivity index is 3.18. The molecule has 0 amide bonds. The fourth-order valence-electron chi connectivity index (χ4n) is 1.07. The predicted octanol–water partition coefficient (Wildman–Crippen LogP) is 2.35. The maximum atomic E-state index is 13.0. The lowest BCUT2D eigenvalue weighted by molar-refractivity contribution is 0.410. The van der Waals surface area contributed by atoms with Gasteiger partial charge in [0.05, 0.1) is 12.8 Å². The van der Waals surface area contributed by atoms with Crippen molar-refractivity contribution in [2.45, 2.75) is 6.67 Å². The van der Waals surface area contributed by atoms with Gasteiger partial charge in [0.25, 0.3) is 0 Å². The molecule has 0 aliphatic heterocycles. The third-order valence-corrected chi connectivity index (χ3v) is 1.78. The van der Waals surface area contributed by atoms with Crippen LogP contribution in [0.2, 0.25) is 0 Å². The summed E-state index contributed by atoms with van der Waals surface area (Å²) < 4.78 is 30.1. The van der Waals surface area contributed by atoms with Gasteiger partial charge in [0, 0.05) is 18.7 Å². The second kappa shape index (κ2) is 4.07. The molecule has 0 unspecified atom stereocenters. The Morgan fingerprint density at radius 1 is 1.46 bits per heavy atom. The van der Waals surface area contributed by atoms with Crippen molar-refractivity contribution in [1.29, 1.82) is 0 Å². The number of anilines is 1. The van der Waals surface area contributed by atoms with Crippen molar-refractivity contribution < 1.29 is 13.5 Å². The molecule has 1 aromatic rings. The zero-order valence-electron chi connectivity index (χ0n) is 7.53. The number of hydrogen-bond acceptors (Lipinski definition) is 2. The van der Waals surface area contributed by atoms with E-state index in [9.17, 15) is 8.78 Å². The molecule has 2 nitrogen and oxygen atoms in total. The number of methoxy groups -OCH3 is 1. The van der Waals surface area contributed by atoms with E-state index < -0.39 is 12.5 Å². The van der Waals surface area contributed by atoms with Crippen LogP contribution in [0.4, 0.5) is 14.5 Å². The van der Waals surface area contributed by atoms with Crippen molar-refractivity contribution in [1.82, 2.24) is 0 Å². The first-order valence-corrected chi connectivity index (χ1v) is 3.83. The number of alkyl halides is 1. The number of ether oxygens (including phenoxy) is 1. The number of halogens is 2. The third kappa shape index (κ3) is 1.88. The summed E-state index contributed by atoms with van der Waals surface area (Å²) in [5.74, 6) is -0.212. The van der Waals surface area contributed by atoms with Gasteiger partial charge in [-0.3, -0.25) is 0 Å². The topological polar surface area (TPSA) is 21.3 Å². The molecule has 13 heavy (non-hydrogen) atoms. The second-order valence-corrected chi connectivity index (χ2v) is 2.53. The van der Waals surface area contributed by atoms with Crippen molar-refractivity contribution >= 4 is 5.69 Å².